The summed E-state index contributed by atoms with van der Waals surface area (Å²) in [6.07, 6.45) is 0. The van der Waals surface area contributed by atoms with Gasteiger partial charge in [-0.1, -0.05) is 6.07 Å². The molecule has 4 rings (SSSR count). The van der Waals surface area contributed by atoms with Crippen LogP contribution >= 0.6 is 11.3 Å². The zero-order valence-corrected chi connectivity index (χ0v) is 17.4. The maximum atomic E-state index is 13.4. The van der Waals surface area contributed by atoms with E-state index in [4.69, 9.17) is 4.74 Å². The van der Waals surface area contributed by atoms with Crippen molar-refractivity contribution in [3.05, 3.63) is 92.7 Å². The summed E-state index contributed by atoms with van der Waals surface area (Å²) >= 11 is 1.62. The number of methoxy groups -OCH3 is 1. The van der Waals surface area contributed by atoms with Gasteiger partial charge in [0.25, 0.3) is 5.56 Å². The molecule has 1 N–H and O–H groups in total. The highest BCUT2D eigenvalue weighted by molar-refractivity contribution is 7.09. The Morgan fingerprint density at radius 1 is 1.13 bits per heavy atom. The number of aromatic amines is 1. The van der Waals surface area contributed by atoms with Crippen LogP contribution in [0.15, 0.2) is 75.8 Å². The molecule has 0 atom stereocenters. The normalized spacial score (nSPS) is 11.6. The molecule has 2 aromatic carbocycles. The lowest BCUT2D eigenvalue weighted by molar-refractivity contribution is 0.415. The Balaban J connectivity index is 1.83. The zero-order valence-electron chi connectivity index (χ0n) is 16.6. The Labute approximate surface area is 177 Å². The van der Waals surface area contributed by atoms with E-state index in [0.29, 0.717) is 29.2 Å². The van der Waals surface area contributed by atoms with Gasteiger partial charge in [-0.2, -0.15) is 0 Å². The molecule has 0 saturated heterocycles. The first-order valence-electron chi connectivity index (χ1n) is 9.36. The lowest BCUT2D eigenvalue weighted by atomic mass is 10.1. The lowest BCUT2D eigenvalue weighted by Gasteiger charge is -2.05. The second-order valence-electron chi connectivity index (χ2n) is 6.69. The number of H-pyrrole nitrogens is 1. The van der Waals surface area contributed by atoms with Crippen molar-refractivity contribution in [2.45, 2.75) is 13.5 Å². The van der Waals surface area contributed by atoms with E-state index < -0.39 is 0 Å². The molecule has 0 fully saturated rings. The molecule has 0 bridgehead atoms. The van der Waals surface area contributed by atoms with Crippen LogP contribution in [-0.2, 0) is 6.54 Å². The van der Waals surface area contributed by atoms with Gasteiger partial charge in [-0.05, 0) is 66.9 Å². The molecule has 7 heteroatoms. The molecule has 0 spiro atoms. The quantitative estimate of drug-likeness (QED) is 0.443. The second-order valence-corrected chi connectivity index (χ2v) is 7.72. The Hall–Kier alpha value is -3.45. The number of benzene rings is 2. The van der Waals surface area contributed by atoms with Crippen molar-refractivity contribution in [1.82, 2.24) is 9.78 Å². The van der Waals surface area contributed by atoms with Crippen LogP contribution in [0.5, 0.6) is 5.75 Å². The molecule has 0 aliphatic rings. The topological polar surface area (TPSA) is 59.4 Å². The van der Waals surface area contributed by atoms with Crippen LogP contribution in [0.3, 0.4) is 0 Å². The average molecular weight is 421 g/mol. The Bertz CT molecular complexity index is 1220. The third-order valence-electron chi connectivity index (χ3n) is 4.77. The largest absolute Gasteiger partial charge is 0.497 e. The Morgan fingerprint density at radius 2 is 1.87 bits per heavy atom. The van der Waals surface area contributed by atoms with Gasteiger partial charge >= 0.3 is 0 Å². The third kappa shape index (κ3) is 3.97. The molecule has 30 heavy (non-hydrogen) atoms. The van der Waals surface area contributed by atoms with Crippen molar-refractivity contribution in [3.8, 4) is 22.7 Å². The summed E-state index contributed by atoms with van der Waals surface area (Å²) in [6.45, 7) is 2.34. The van der Waals surface area contributed by atoms with Crippen LogP contribution in [-0.4, -0.2) is 22.6 Å². The summed E-state index contributed by atoms with van der Waals surface area (Å²) in [5.74, 6) is 0.367. The SMILES string of the molecule is COc1ccc(-c2[nH]n(-c3ccc(F)cc3)c(=O)c2C(C)=NCc2cccs2)cc1. The van der Waals surface area contributed by atoms with E-state index >= 15 is 0 Å². The predicted molar refractivity (Wildman–Crippen MR) is 119 cm³/mol. The van der Waals surface area contributed by atoms with Crippen molar-refractivity contribution in [2.75, 3.05) is 7.11 Å². The summed E-state index contributed by atoms with van der Waals surface area (Å²) in [4.78, 5) is 19.1. The predicted octanol–water partition coefficient (Wildman–Crippen LogP) is 5.05. The first-order valence-corrected chi connectivity index (χ1v) is 10.2. The van der Waals surface area contributed by atoms with Crippen molar-refractivity contribution < 1.29 is 9.13 Å². The summed E-state index contributed by atoms with van der Waals surface area (Å²) in [7, 11) is 1.61. The fourth-order valence-electron chi connectivity index (χ4n) is 3.19. The Kier molecular flexibility index (Phi) is 5.63. The van der Waals surface area contributed by atoms with Gasteiger partial charge in [-0.3, -0.25) is 14.9 Å². The number of hydrogen-bond acceptors (Lipinski definition) is 4. The van der Waals surface area contributed by atoms with Crippen molar-refractivity contribution >= 4 is 17.0 Å². The molecule has 0 aliphatic heterocycles. The molecule has 0 amide bonds. The molecule has 2 heterocycles. The third-order valence-corrected chi connectivity index (χ3v) is 5.63. The minimum Gasteiger partial charge on any atom is -0.497 e. The number of ether oxygens (including phenoxy) is 1. The van der Waals surface area contributed by atoms with E-state index in [0.717, 1.165) is 16.2 Å². The maximum absolute atomic E-state index is 13.4. The van der Waals surface area contributed by atoms with Gasteiger partial charge in [0.2, 0.25) is 0 Å². The fourth-order valence-corrected chi connectivity index (χ4v) is 3.82. The van der Waals surface area contributed by atoms with E-state index in [-0.39, 0.29) is 11.4 Å². The molecular formula is C23H20FN3O2S. The van der Waals surface area contributed by atoms with Crippen molar-refractivity contribution in [2.24, 2.45) is 4.99 Å². The summed E-state index contributed by atoms with van der Waals surface area (Å²) < 4.78 is 20.0. The maximum Gasteiger partial charge on any atom is 0.280 e. The van der Waals surface area contributed by atoms with Crippen molar-refractivity contribution in [3.63, 3.8) is 0 Å². The van der Waals surface area contributed by atoms with Crippen LogP contribution in [0.2, 0.25) is 0 Å². The number of aliphatic imine (C=N–C) groups is 1. The number of nitrogens with one attached hydrogen (secondary N) is 1. The van der Waals surface area contributed by atoms with Gasteiger partial charge in [-0.15, -0.1) is 11.3 Å². The molecule has 0 aliphatic carbocycles. The zero-order chi connectivity index (χ0) is 21.1. The number of aromatic nitrogens is 2. The number of thiophene rings is 1. The lowest BCUT2D eigenvalue weighted by Crippen LogP contribution is -2.19. The van der Waals surface area contributed by atoms with Gasteiger partial charge in [0.15, 0.2) is 0 Å². The standard InChI is InChI=1S/C23H20FN3O2S/c1-15(25-14-20-4-3-13-30-20)21-22(16-5-11-19(29-2)12-6-16)26-27(23(21)28)18-9-7-17(24)8-10-18/h3-13,26H,14H2,1-2H3. The first kappa shape index (κ1) is 19.8. The molecule has 5 nitrogen and oxygen atoms in total. The van der Waals surface area contributed by atoms with Crippen LogP contribution in [0.25, 0.3) is 16.9 Å². The molecule has 0 radical (unpaired) electrons. The molecule has 2 aromatic heterocycles. The van der Waals surface area contributed by atoms with Crippen molar-refractivity contribution in [1.29, 1.82) is 0 Å². The average Bonchev–Trinajstić information content (AvgIpc) is 3.41. The minimum absolute atomic E-state index is 0.236. The van der Waals surface area contributed by atoms with Gasteiger partial charge in [0.1, 0.15) is 11.6 Å². The fraction of sp³-hybridized carbons (Fsp3) is 0.130. The summed E-state index contributed by atoms with van der Waals surface area (Å²) in [6, 6.07) is 17.2. The van der Waals surface area contributed by atoms with Gasteiger partial charge in [0, 0.05) is 16.2 Å². The second kappa shape index (κ2) is 8.51. The molecular weight excluding hydrogens is 401 g/mol. The summed E-state index contributed by atoms with van der Waals surface area (Å²) in [5.41, 5.74) is 2.92. The van der Waals surface area contributed by atoms with Gasteiger partial charge in [-0.25, -0.2) is 9.07 Å². The van der Waals surface area contributed by atoms with Crippen LogP contribution < -0.4 is 10.3 Å². The molecule has 152 valence electrons. The minimum atomic E-state index is -0.359. The van der Waals surface area contributed by atoms with E-state index in [1.807, 2.05) is 48.7 Å². The van der Waals surface area contributed by atoms with Gasteiger partial charge < -0.3 is 4.74 Å². The highest BCUT2D eigenvalue weighted by Crippen LogP contribution is 2.24. The number of rotatable bonds is 6. The molecule has 0 unspecified atom stereocenters. The first-order chi connectivity index (χ1) is 14.6. The number of nitrogens with zero attached hydrogens (tertiary/aromatic N) is 2. The van der Waals surface area contributed by atoms with E-state index in [9.17, 15) is 9.18 Å². The monoisotopic (exact) mass is 421 g/mol. The van der Waals surface area contributed by atoms with Crippen LogP contribution in [0, 0.1) is 5.82 Å². The smallest absolute Gasteiger partial charge is 0.280 e. The number of hydrogen-bond donors (Lipinski definition) is 1. The van der Waals surface area contributed by atoms with Crippen LogP contribution in [0.4, 0.5) is 4.39 Å². The van der Waals surface area contributed by atoms with E-state index in [1.165, 1.54) is 16.8 Å². The Morgan fingerprint density at radius 3 is 2.50 bits per heavy atom. The highest BCUT2D eigenvalue weighted by atomic mass is 32.1. The van der Waals surface area contributed by atoms with Gasteiger partial charge in [0.05, 0.1) is 30.6 Å². The van der Waals surface area contributed by atoms with E-state index in [2.05, 4.69) is 10.1 Å². The summed E-state index contributed by atoms with van der Waals surface area (Å²) in [5, 5.41) is 5.18. The molecule has 4 aromatic rings. The molecule has 0 saturated carbocycles. The van der Waals surface area contributed by atoms with E-state index in [1.54, 1.807) is 30.6 Å². The van der Waals surface area contributed by atoms with Crippen LogP contribution in [0.1, 0.15) is 17.4 Å². The number of halogens is 1. The highest BCUT2D eigenvalue weighted by Gasteiger charge is 2.19.